The average molecular weight is 301 g/mol. The van der Waals surface area contributed by atoms with E-state index in [-0.39, 0.29) is 19.0 Å². The van der Waals surface area contributed by atoms with Crippen LogP contribution in [-0.4, -0.2) is 24.7 Å². The first-order chi connectivity index (χ1) is 7.42. The lowest BCUT2D eigenvalue weighted by molar-refractivity contribution is -0.275. The Bertz CT molecular complexity index is 354. The Morgan fingerprint density at radius 2 is 1.94 bits per heavy atom. The lowest BCUT2D eigenvalue weighted by Gasteiger charge is -2.13. The summed E-state index contributed by atoms with van der Waals surface area (Å²) >= 11 is 3.09. The van der Waals surface area contributed by atoms with E-state index in [0.29, 0.717) is 4.47 Å². The number of alkyl halides is 3. The minimum absolute atomic E-state index is 0.0826. The first-order valence-corrected chi connectivity index (χ1v) is 5.00. The van der Waals surface area contributed by atoms with Gasteiger partial charge >= 0.3 is 6.36 Å². The van der Waals surface area contributed by atoms with E-state index in [1.54, 1.807) is 0 Å². The number of aliphatic hydroxyl groups excluding tert-OH is 1. The molecule has 0 aromatic heterocycles. The third kappa shape index (κ3) is 4.28. The van der Waals surface area contributed by atoms with Crippen molar-refractivity contribution < 1.29 is 27.8 Å². The topological polar surface area (TPSA) is 38.7 Å². The van der Waals surface area contributed by atoms with Gasteiger partial charge in [0.15, 0.2) is 11.5 Å². The fourth-order valence-corrected chi connectivity index (χ4v) is 1.30. The molecule has 90 valence electrons. The van der Waals surface area contributed by atoms with Crippen molar-refractivity contribution in [3.05, 3.63) is 22.7 Å². The van der Waals surface area contributed by atoms with Crippen LogP contribution in [0.3, 0.4) is 0 Å². The van der Waals surface area contributed by atoms with Gasteiger partial charge in [0, 0.05) is 4.47 Å². The molecule has 3 nitrogen and oxygen atoms in total. The number of rotatable bonds is 4. The number of ether oxygens (including phenoxy) is 2. The highest BCUT2D eigenvalue weighted by atomic mass is 79.9. The van der Waals surface area contributed by atoms with Crippen LogP contribution in [0.15, 0.2) is 22.7 Å². The van der Waals surface area contributed by atoms with Crippen molar-refractivity contribution in [2.75, 3.05) is 13.2 Å². The zero-order chi connectivity index (χ0) is 12.2. The minimum atomic E-state index is -4.77. The van der Waals surface area contributed by atoms with Gasteiger partial charge in [-0.3, -0.25) is 0 Å². The fraction of sp³-hybridized carbons (Fsp3) is 0.333. The van der Waals surface area contributed by atoms with E-state index in [9.17, 15) is 13.2 Å². The number of halogens is 4. The van der Waals surface area contributed by atoms with Gasteiger partial charge in [-0.2, -0.15) is 0 Å². The zero-order valence-corrected chi connectivity index (χ0v) is 9.51. The zero-order valence-electron chi connectivity index (χ0n) is 7.92. The van der Waals surface area contributed by atoms with Gasteiger partial charge in [0.05, 0.1) is 6.61 Å². The molecule has 1 rings (SSSR count). The second kappa shape index (κ2) is 5.40. The van der Waals surface area contributed by atoms with Crippen LogP contribution in [0.5, 0.6) is 11.5 Å². The maximum absolute atomic E-state index is 12.0. The standard InChI is InChI=1S/C9H8BrF3O3/c10-6-1-2-7(16-9(11,12)13)8(5-6)15-4-3-14/h1-2,5,14H,3-4H2. The summed E-state index contributed by atoms with van der Waals surface area (Å²) < 4.78 is 45.2. The van der Waals surface area contributed by atoms with Crippen LogP contribution in [-0.2, 0) is 0 Å². The van der Waals surface area contributed by atoms with E-state index in [4.69, 9.17) is 9.84 Å². The van der Waals surface area contributed by atoms with Gasteiger partial charge in [-0.05, 0) is 18.2 Å². The second-order valence-electron chi connectivity index (χ2n) is 2.71. The van der Waals surface area contributed by atoms with Crippen molar-refractivity contribution in [2.45, 2.75) is 6.36 Å². The van der Waals surface area contributed by atoms with E-state index in [1.165, 1.54) is 12.1 Å². The molecule has 1 N–H and O–H groups in total. The quantitative estimate of drug-likeness (QED) is 0.929. The number of hydrogen-bond donors (Lipinski definition) is 1. The molecule has 1 aromatic carbocycles. The summed E-state index contributed by atoms with van der Waals surface area (Å²) in [4.78, 5) is 0. The van der Waals surface area contributed by atoms with Gasteiger partial charge in [-0.1, -0.05) is 15.9 Å². The molecule has 0 atom stereocenters. The SMILES string of the molecule is OCCOc1cc(Br)ccc1OC(F)(F)F. The van der Waals surface area contributed by atoms with Gasteiger partial charge in [-0.15, -0.1) is 13.2 Å². The largest absolute Gasteiger partial charge is 0.573 e. The molecule has 0 spiro atoms. The molecule has 0 aliphatic rings. The second-order valence-corrected chi connectivity index (χ2v) is 3.63. The van der Waals surface area contributed by atoms with Crippen LogP contribution in [0, 0.1) is 0 Å². The van der Waals surface area contributed by atoms with Crippen LogP contribution in [0.1, 0.15) is 0 Å². The van der Waals surface area contributed by atoms with Crippen molar-refractivity contribution in [3.8, 4) is 11.5 Å². The van der Waals surface area contributed by atoms with E-state index in [2.05, 4.69) is 20.7 Å². The normalized spacial score (nSPS) is 11.3. The summed E-state index contributed by atoms with van der Waals surface area (Å²) in [6, 6.07) is 3.86. The Morgan fingerprint density at radius 1 is 1.25 bits per heavy atom. The molecule has 1 aromatic rings. The van der Waals surface area contributed by atoms with Crippen molar-refractivity contribution in [2.24, 2.45) is 0 Å². The Labute approximate surface area is 97.9 Å². The summed E-state index contributed by atoms with van der Waals surface area (Å²) in [5.74, 6) is -0.523. The molecule has 0 aliphatic heterocycles. The molecule has 0 bridgehead atoms. The Balaban J connectivity index is 2.89. The van der Waals surface area contributed by atoms with Crippen molar-refractivity contribution in [3.63, 3.8) is 0 Å². The Morgan fingerprint density at radius 3 is 2.50 bits per heavy atom. The Kier molecular flexibility index (Phi) is 4.43. The number of aliphatic hydroxyl groups is 1. The first kappa shape index (κ1) is 13.1. The third-order valence-corrected chi connectivity index (χ3v) is 1.97. The monoisotopic (exact) mass is 300 g/mol. The van der Waals surface area contributed by atoms with Crippen molar-refractivity contribution >= 4 is 15.9 Å². The predicted molar refractivity (Wildman–Crippen MR) is 53.4 cm³/mol. The van der Waals surface area contributed by atoms with Gasteiger partial charge in [-0.25, -0.2) is 0 Å². The molecule has 0 aliphatic carbocycles. The molecular weight excluding hydrogens is 293 g/mol. The third-order valence-electron chi connectivity index (χ3n) is 1.48. The molecule has 0 unspecified atom stereocenters. The van der Waals surface area contributed by atoms with Crippen LogP contribution in [0.4, 0.5) is 13.2 Å². The summed E-state index contributed by atoms with van der Waals surface area (Å²) in [7, 11) is 0. The number of hydrogen-bond acceptors (Lipinski definition) is 3. The molecule has 16 heavy (non-hydrogen) atoms. The lowest BCUT2D eigenvalue weighted by Crippen LogP contribution is -2.18. The average Bonchev–Trinajstić information content (AvgIpc) is 2.16. The minimum Gasteiger partial charge on any atom is -0.487 e. The van der Waals surface area contributed by atoms with E-state index in [1.807, 2.05) is 0 Å². The predicted octanol–water partition coefficient (Wildman–Crippen LogP) is 2.72. The number of benzene rings is 1. The summed E-state index contributed by atoms with van der Waals surface area (Å²) in [6.07, 6.45) is -4.77. The fourth-order valence-electron chi connectivity index (χ4n) is 0.959. The van der Waals surface area contributed by atoms with E-state index >= 15 is 0 Å². The van der Waals surface area contributed by atoms with E-state index in [0.717, 1.165) is 6.07 Å². The molecule has 0 radical (unpaired) electrons. The van der Waals surface area contributed by atoms with Gasteiger partial charge in [0.1, 0.15) is 6.61 Å². The van der Waals surface area contributed by atoms with Crippen molar-refractivity contribution in [1.29, 1.82) is 0 Å². The van der Waals surface area contributed by atoms with Gasteiger partial charge < -0.3 is 14.6 Å². The smallest absolute Gasteiger partial charge is 0.487 e. The maximum Gasteiger partial charge on any atom is 0.573 e. The Hall–Kier alpha value is -0.950. The van der Waals surface area contributed by atoms with Gasteiger partial charge in [0.2, 0.25) is 0 Å². The summed E-state index contributed by atoms with van der Waals surface area (Å²) in [6.45, 7) is -0.400. The summed E-state index contributed by atoms with van der Waals surface area (Å²) in [5.41, 5.74) is 0. The van der Waals surface area contributed by atoms with Gasteiger partial charge in [0.25, 0.3) is 0 Å². The highest BCUT2D eigenvalue weighted by Crippen LogP contribution is 2.34. The summed E-state index contributed by atoms with van der Waals surface area (Å²) in [5, 5.41) is 8.52. The lowest BCUT2D eigenvalue weighted by atomic mass is 10.3. The molecule has 0 heterocycles. The molecule has 7 heteroatoms. The van der Waals surface area contributed by atoms with Crippen LogP contribution in [0.25, 0.3) is 0 Å². The first-order valence-electron chi connectivity index (χ1n) is 4.21. The van der Waals surface area contributed by atoms with Crippen LogP contribution < -0.4 is 9.47 Å². The molecule has 0 saturated carbocycles. The molecule has 0 saturated heterocycles. The van der Waals surface area contributed by atoms with E-state index < -0.39 is 12.1 Å². The molecular formula is C9H8BrF3O3. The highest BCUT2D eigenvalue weighted by molar-refractivity contribution is 9.10. The van der Waals surface area contributed by atoms with Crippen LogP contribution >= 0.6 is 15.9 Å². The van der Waals surface area contributed by atoms with Crippen molar-refractivity contribution in [1.82, 2.24) is 0 Å². The maximum atomic E-state index is 12.0. The highest BCUT2D eigenvalue weighted by Gasteiger charge is 2.32. The van der Waals surface area contributed by atoms with Crippen LogP contribution in [0.2, 0.25) is 0 Å². The molecule has 0 fully saturated rings. The molecule has 0 amide bonds.